The number of hydrogen-bond acceptors (Lipinski definition) is 6. The Morgan fingerprint density at radius 1 is 1.03 bits per heavy atom. The molecule has 0 spiro atoms. The Morgan fingerprint density at radius 2 is 1.77 bits per heavy atom. The van der Waals surface area contributed by atoms with E-state index in [1.54, 1.807) is 14.2 Å². The quantitative estimate of drug-likeness (QED) is 0.715. The van der Waals surface area contributed by atoms with Crippen molar-refractivity contribution < 1.29 is 14.3 Å². The molecule has 30 heavy (non-hydrogen) atoms. The molecule has 1 fully saturated rings. The van der Waals surface area contributed by atoms with Crippen LogP contribution in [0.1, 0.15) is 11.7 Å². The average molecular weight is 404 g/mol. The number of amides is 3. The summed E-state index contributed by atoms with van der Waals surface area (Å²) in [5.74, 6) is 1.53. The van der Waals surface area contributed by atoms with E-state index in [2.05, 4.69) is 15.5 Å². The minimum Gasteiger partial charge on any atom is -0.497 e. The zero-order valence-electron chi connectivity index (χ0n) is 16.5. The molecule has 0 aliphatic carbocycles. The fourth-order valence-electron chi connectivity index (χ4n) is 4.08. The molecule has 2 aliphatic heterocycles. The van der Waals surface area contributed by atoms with Gasteiger partial charge in [-0.1, -0.05) is 30.3 Å². The van der Waals surface area contributed by atoms with Crippen LogP contribution >= 0.6 is 0 Å². The molecule has 9 nitrogen and oxygen atoms in total. The first-order valence-electron chi connectivity index (χ1n) is 9.56. The van der Waals surface area contributed by atoms with Gasteiger partial charge in [0.25, 0.3) is 5.91 Å². The second-order valence-corrected chi connectivity index (χ2v) is 7.30. The number of benzene rings is 2. The third-order valence-corrected chi connectivity index (χ3v) is 5.58. The number of methoxy groups -OCH3 is 1. The summed E-state index contributed by atoms with van der Waals surface area (Å²) in [4.78, 5) is 28.7. The number of rotatable bonds is 4. The summed E-state index contributed by atoms with van der Waals surface area (Å²) in [6.07, 6.45) is -0.544. The Labute approximate surface area is 172 Å². The number of nitrogens with zero attached hydrogens (tertiary/aromatic N) is 5. The van der Waals surface area contributed by atoms with Crippen LogP contribution in [0.3, 0.4) is 0 Å². The molecule has 1 N–H and O–H groups in total. The predicted octanol–water partition coefficient (Wildman–Crippen LogP) is 2.02. The van der Waals surface area contributed by atoms with Gasteiger partial charge in [-0.25, -0.2) is 4.79 Å². The Morgan fingerprint density at radius 3 is 2.47 bits per heavy atom. The lowest BCUT2D eigenvalue weighted by atomic mass is 10.1. The van der Waals surface area contributed by atoms with E-state index >= 15 is 0 Å². The second kappa shape index (κ2) is 6.87. The van der Waals surface area contributed by atoms with E-state index < -0.39 is 18.2 Å². The first kappa shape index (κ1) is 18.2. The minimum atomic E-state index is -0.601. The van der Waals surface area contributed by atoms with Crippen LogP contribution in [0, 0.1) is 0 Å². The first-order chi connectivity index (χ1) is 14.6. The lowest BCUT2D eigenvalue weighted by Gasteiger charge is -2.37. The standard InChI is InChI=1S/C21H20N6O3/c1-25-19-16(18(28)22-21(25)29)26(12-13-6-4-3-5-7-13)20-24-23-17(27(19)20)14-8-10-15(30-2)11-9-14/h3-11,16,19H,12H2,1-2H3,(H,22,28,29). The monoisotopic (exact) mass is 404 g/mol. The molecular formula is C21H20N6O3. The van der Waals surface area contributed by atoms with Gasteiger partial charge in [-0.2, -0.15) is 0 Å². The zero-order chi connectivity index (χ0) is 20.8. The van der Waals surface area contributed by atoms with Crippen molar-refractivity contribution in [2.45, 2.75) is 18.8 Å². The number of likely N-dealkylation sites (N-methyl/N-ethyl adjacent to an activating group) is 1. The van der Waals surface area contributed by atoms with E-state index in [1.807, 2.05) is 64.1 Å². The van der Waals surface area contributed by atoms with Crippen LogP contribution < -0.4 is 15.0 Å². The Kier molecular flexibility index (Phi) is 4.16. The molecule has 2 aliphatic rings. The number of urea groups is 1. The number of nitrogens with one attached hydrogen (secondary N) is 1. The molecule has 1 aromatic heterocycles. The van der Waals surface area contributed by atoms with Gasteiger partial charge in [0.05, 0.1) is 7.11 Å². The van der Waals surface area contributed by atoms with E-state index in [0.29, 0.717) is 18.3 Å². The maximum atomic E-state index is 12.9. The fourth-order valence-corrected chi connectivity index (χ4v) is 4.08. The average Bonchev–Trinajstić information content (AvgIpc) is 3.32. The van der Waals surface area contributed by atoms with Crippen LogP contribution in [0.25, 0.3) is 11.4 Å². The minimum absolute atomic E-state index is 0.342. The van der Waals surface area contributed by atoms with Crippen molar-refractivity contribution in [3.63, 3.8) is 0 Å². The Balaban J connectivity index is 1.63. The molecule has 2 aromatic carbocycles. The number of hydrogen-bond donors (Lipinski definition) is 1. The molecular weight excluding hydrogens is 384 g/mol. The first-order valence-corrected chi connectivity index (χ1v) is 9.56. The van der Waals surface area contributed by atoms with Crippen LogP contribution in [0.4, 0.5) is 10.7 Å². The molecule has 2 atom stereocenters. The van der Waals surface area contributed by atoms with E-state index in [0.717, 1.165) is 16.9 Å². The summed E-state index contributed by atoms with van der Waals surface area (Å²) in [5.41, 5.74) is 1.85. The van der Waals surface area contributed by atoms with Crippen molar-refractivity contribution in [2.24, 2.45) is 0 Å². The van der Waals surface area contributed by atoms with Crippen molar-refractivity contribution >= 4 is 17.9 Å². The van der Waals surface area contributed by atoms with Gasteiger partial charge in [0.2, 0.25) is 5.95 Å². The second-order valence-electron chi connectivity index (χ2n) is 7.30. The largest absolute Gasteiger partial charge is 0.497 e. The molecule has 0 radical (unpaired) electrons. The number of imide groups is 1. The van der Waals surface area contributed by atoms with Crippen molar-refractivity contribution in [1.29, 1.82) is 0 Å². The van der Waals surface area contributed by atoms with E-state index in [-0.39, 0.29) is 5.91 Å². The third-order valence-electron chi connectivity index (χ3n) is 5.58. The van der Waals surface area contributed by atoms with Gasteiger partial charge in [-0.3, -0.25) is 14.7 Å². The molecule has 152 valence electrons. The highest BCUT2D eigenvalue weighted by Gasteiger charge is 2.52. The number of fused-ring (bicyclic) bond motifs is 3. The number of anilines is 1. The normalized spacial score (nSPS) is 20.1. The lowest BCUT2D eigenvalue weighted by Crippen LogP contribution is -2.61. The molecule has 3 amide bonds. The molecule has 3 aromatic rings. The van der Waals surface area contributed by atoms with Crippen LogP contribution in [-0.4, -0.2) is 51.8 Å². The Hall–Kier alpha value is -3.88. The number of carbonyl (C=O) groups is 2. The SMILES string of the molecule is COc1ccc(-c2nnc3n2C2C(C(=O)NC(=O)N2C)N3Cc2ccccc2)cc1. The highest BCUT2D eigenvalue weighted by atomic mass is 16.5. The molecule has 2 unspecified atom stereocenters. The van der Waals surface area contributed by atoms with Gasteiger partial charge in [0.1, 0.15) is 11.9 Å². The van der Waals surface area contributed by atoms with Gasteiger partial charge in [0.15, 0.2) is 11.9 Å². The summed E-state index contributed by atoms with van der Waals surface area (Å²) in [5, 5.41) is 11.2. The van der Waals surface area contributed by atoms with Crippen molar-refractivity contribution in [1.82, 2.24) is 25.0 Å². The summed E-state index contributed by atoms with van der Waals surface area (Å²) in [6, 6.07) is 16.2. The topological polar surface area (TPSA) is 92.6 Å². The summed E-state index contributed by atoms with van der Waals surface area (Å²) in [6.45, 7) is 0.470. The van der Waals surface area contributed by atoms with Crippen molar-refractivity contribution in [2.75, 3.05) is 19.1 Å². The van der Waals surface area contributed by atoms with Crippen LogP contribution in [0.15, 0.2) is 54.6 Å². The summed E-state index contributed by atoms with van der Waals surface area (Å²) >= 11 is 0. The zero-order valence-corrected chi connectivity index (χ0v) is 16.5. The molecule has 0 bridgehead atoms. The van der Waals surface area contributed by atoms with E-state index in [9.17, 15) is 9.59 Å². The van der Waals surface area contributed by atoms with Crippen molar-refractivity contribution in [3.05, 3.63) is 60.2 Å². The maximum Gasteiger partial charge on any atom is 0.325 e. The summed E-state index contributed by atoms with van der Waals surface area (Å²) < 4.78 is 7.10. The van der Waals surface area contributed by atoms with E-state index in [4.69, 9.17) is 4.74 Å². The fraction of sp³-hybridized carbons (Fsp3) is 0.238. The molecule has 1 saturated heterocycles. The van der Waals surface area contributed by atoms with Gasteiger partial charge >= 0.3 is 6.03 Å². The number of carbonyl (C=O) groups excluding carboxylic acids is 2. The van der Waals surface area contributed by atoms with Gasteiger partial charge in [0, 0.05) is 19.2 Å². The third kappa shape index (κ3) is 2.70. The van der Waals surface area contributed by atoms with Crippen molar-refractivity contribution in [3.8, 4) is 17.1 Å². The highest BCUT2D eigenvalue weighted by Crippen LogP contribution is 2.41. The van der Waals surface area contributed by atoms with Crippen LogP contribution in [0.5, 0.6) is 5.75 Å². The summed E-state index contributed by atoms with van der Waals surface area (Å²) in [7, 11) is 3.28. The highest BCUT2D eigenvalue weighted by molar-refractivity contribution is 6.02. The smallest absolute Gasteiger partial charge is 0.325 e. The van der Waals surface area contributed by atoms with Gasteiger partial charge in [-0.05, 0) is 29.8 Å². The Bertz CT molecular complexity index is 1110. The molecule has 9 heteroatoms. The lowest BCUT2D eigenvalue weighted by molar-refractivity contribution is -0.124. The van der Waals surface area contributed by atoms with E-state index in [1.165, 1.54) is 4.90 Å². The molecule has 5 rings (SSSR count). The number of aromatic nitrogens is 3. The molecule has 3 heterocycles. The molecule has 0 saturated carbocycles. The maximum absolute atomic E-state index is 12.9. The van der Waals surface area contributed by atoms with Gasteiger partial charge in [-0.15, -0.1) is 10.2 Å². The number of ether oxygens (including phenoxy) is 1. The van der Waals surface area contributed by atoms with Crippen LogP contribution in [-0.2, 0) is 11.3 Å². The van der Waals surface area contributed by atoms with Crippen LogP contribution in [0.2, 0.25) is 0 Å². The van der Waals surface area contributed by atoms with Gasteiger partial charge < -0.3 is 14.5 Å². The predicted molar refractivity (Wildman–Crippen MR) is 109 cm³/mol.